The Morgan fingerprint density at radius 1 is 0.738 bits per heavy atom. The first-order chi connectivity index (χ1) is 20.4. The Morgan fingerprint density at radius 2 is 1.26 bits per heavy atom. The van der Waals surface area contributed by atoms with Crippen LogP contribution >= 0.6 is 0 Å². The summed E-state index contributed by atoms with van der Waals surface area (Å²) in [7, 11) is 1.55. The first-order valence-corrected chi connectivity index (χ1v) is 14.3. The van der Waals surface area contributed by atoms with Gasteiger partial charge in [0.1, 0.15) is 30.7 Å². The molecule has 0 saturated carbocycles. The molecular weight excluding hydrogens is 528 g/mol. The van der Waals surface area contributed by atoms with Crippen molar-refractivity contribution in [3.05, 3.63) is 132 Å². The van der Waals surface area contributed by atoms with Crippen molar-refractivity contribution in [1.29, 1.82) is 0 Å². The lowest BCUT2D eigenvalue weighted by Gasteiger charge is -2.51. The zero-order valence-corrected chi connectivity index (χ0v) is 24.8. The van der Waals surface area contributed by atoms with Crippen molar-refractivity contribution in [2.45, 2.75) is 64.0 Å². The van der Waals surface area contributed by atoms with Crippen molar-refractivity contribution in [2.24, 2.45) is 5.41 Å². The maximum atomic E-state index is 14.7. The largest absolute Gasteiger partial charge is 0.366 e. The van der Waals surface area contributed by atoms with Gasteiger partial charge in [-0.15, -0.1) is 6.58 Å². The first kappa shape index (κ1) is 31.5. The molecule has 0 spiro atoms. The van der Waals surface area contributed by atoms with Crippen LogP contribution in [0.4, 0.5) is 0 Å². The third kappa shape index (κ3) is 7.51. The van der Waals surface area contributed by atoms with E-state index in [-0.39, 0.29) is 19.2 Å². The second-order valence-corrected chi connectivity index (χ2v) is 11.0. The minimum absolute atomic E-state index is 0.00571. The highest BCUT2D eigenvalue weighted by atomic mass is 16.7. The van der Waals surface area contributed by atoms with Gasteiger partial charge < -0.3 is 23.7 Å². The van der Waals surface area contributed by atoms with Crippen LogP contribution in [0.3, 0.4) is 0 Å². The van der Waals surface area contributed by atoms with Crippen LogP contribution in [0.25, 0.3) is 0 Å². The van der Waals surface area contributed by atoms with E-state index >= 15 is 0 Å². The summed E-state index contributed by atoms with van der Waals surface area (Å²) in [6, 6.07) is 29.7. The molecule has 6 heteroatoms. The molecule has 0 heterocycles. The molecule has 1 aliphatic carbocycles. The number of hydrogen-bond acceptors (Lipinski definition) is 6. The van der Waals surface area contributed by atoms with E-state index in [9.17, 15) is 4.79 Å². The van der Waals surface area contributed by atoms with Gasteiger partial charge in [0.05, 0.1) is 25.2 Å². The fraction of sp³-hybridized carbons (Fsp3) is 0.361. The number of hydrogen-bond donors (Lipinski definition) is 0. The summed E-state index contributed by atoms with van der Waals surface area (Å²) < 4.78 is 31.1. The van der Waals surface area contributed by atoms with E-state index in [1.807, 2.05) is 117 Å². The first-order valence-electron chi connectivity index (χ1n) is 14.3. The highest BCUT2D eigenvalue weighted by Crippen LogP contribution is 2.46. The number of ketones is 1. The van der Waals surface area contributed by atoms with Gasteiger partial charge in [-0.05, 0) is 37.0 Å². The van der Waals surface area contributed by atoms with Crippen molar-refractivity contribution in [3.8, 4) is 0 Å². The molecule has 0 aliphatic heterocycles. The Kier molecular flexibility index (Phi) is 11.4. The summed E-state index contributed by atoms with van der Waals surface area (Å²) >= 11 is 0. The zero-order valence-electron chi connectivity index (χ0n) is 24.8. The minimum Gasteiger partial charge on any atom is -0.366 e. The van der Waals surface area contributed by atoms with Crippen LogP contribution < -0.4 is 0 Å². The average Bonchev–Trinajstić information content (AvgIpc) is 3.02. The lowest BCUT2D eigenvalue weighted by Crippen LogP contribution is -2.63. The van der Waals surface area contributed by atoms with Gasteiger partial charge in [-0.2, -0.15) is 0 Å². The highest BCUT2D eigenvalue weighted by Gasteiger charge is 2.58. The van der Waals surface area contributed by atoms with Crippen LogP contribution in [0.2, 0.25) is 0 Å². The van der Waals surface area contributed by atoms with E-state index < -0.39 is 29.3 Å². The third-order valence-electron chi connectivity index (χ3n) is 7.88. The number of carbonyl (C=O) groups excluding carboxylic acids is 1. The van der Waals surface area contributed by atoms with Gasteiger partial charge in [0.15, 0.2) is 5.78 Å². The number of benzene rings is 3. The molecule has 4 atom stereocenters. The zero-order chi connectivity index (χ0) is 29.8. The Bertz CT molecular complexity index is 1270. The molecule has 1 aliphatic rings. The molecule has 3 aromatic carbocycles. The van der Waals surface area contributed by atoms with Gasteiger partial charge in [0.25, 0.3) is 0 Å². The highest BCUT2D eigenvalue weighted by molar-refractivity contribution is 5.91. The quantitative estimate of drug-likeness (QED) is 0.156. The number of methoxy groups -OCH3 is 1. The van der Waals surface area contributed by atoms with E-state index in [2.05, 4.69) is 6.58 Å². The normalized spacial score (nSPS) is 24.5. The summed E-state index contributed by atoms with van der Waals surface area (Å²) in [5, 5.41) is 0. The minimum atomic E-state index is -1.10. The molecule has 0 bridgehead atoms. The van der Waals surface area contributed by atoms with Gasteiger partial charge in [-0.3, -0.25) is 4.79 Å². The summed E-state index contributed by atoms with van der Waals surface area (Å²) in [6.07, 6.45) is 3.75. The molecule has 4 rings (SSSR count). The lowest BCUT2D eigenvalue weighted by atomic mass is 9.64. The van der Waals surface area contributed by atoms with Gasteiger partial charge >= 0.3 is 0 Å². The van der Waals surface area contributed by atoms with E-state index in [1.54, 1.807) is 13.2 Å². The van der Waals surface area contributed by atoms with Crippen molar-refractivity contribution < 1.29 is 28.5 Å². The topological polar surface area (TPSA) is 63.2 Å². The molecule has 222 valence electrons. The molecule has 0 fully saturated rings. The third-order valence-corrected chi connectivity index (χ3v) is 7.88. The fourth-order valence-corrected chi connectivity index (χ4v) is 5.40. The van der Waals surface area contributed by atoms with E-state index in [0.29, 0.717) is 19.6 Å². The smallest absolute Gasteiger partial charge is 0.173 e. The summed E-state index contributed by atoms with van der Waals surface area (Å²) in [4.78, 5) is 14.7. The Hall–Kier alpha value is -3.39. The second-order valence-electron chi connectivity index (χ2n) is 11.0. The number of rotatable bonds is 14. The maximum absolute atomic E-state index is 14.7. The molecule has 3 aromatic rings. The van der Waals surface area contributed by atoms with Crippen LogP contribution in [-0.2, 0) is 48.3 Å². The monoisotopic (exact) mass is 570 g/mol. The predicted octanol–water partition coefficient (Wildman–Crippen LogP) is 6.84. The molecule has 42 heavy (non-hydrogen) atoms. The maximum Gasteiger partial charge on any atom is 0.173 e. The molecule has 0 unspecified atom stereocenters. The Labute approximate surface area is 249 Å². The molecule has 0 saturated heterocycles. The second kappa shape index (κ2) is 15.2. The van der Waals surface area contributed by atoms with Crippen molar-refractivity contribution in [2.75, 3.05) is 13.9 Å². The van der Waals surface area contributed by atoms with E-state index in [4.69, 9.17) is 23.7 Å². The summed E-state index contributed by atoms with van der Waals surface area (Å²) in [6.45, 7) is 8.77. The van der Waals surface area contributed by atoms with Crippen LogP contribution in [0.15, 0.2) is 116 Å². The molecule has 0 radical (unpaired) electrons. The van der Waals surface area contributed by atoms with Gasteiger partial charge in [0, 0.05) is 7.11 Å². The molecule has 0 aromatic heterocycles. The van der Waals surface area contributed by atoms with E-state index in [1.165, 1.54) is 0 Å². The predicted molar refractivity (Wildman–Crippen MR) is 163 cm³/mol. The van der Waals surface area contributed by atoms with Crippen LogP contribution in [0.1, 0.15) is 37.0 Å². The van der Waals surface area contributed by atoms with Crippen molar-refractivity contribution in [1.82, 2.24) is 0 Å². The lowest BCUT2D eigenvalue weighted by molar-refractivity contribution is -0.210. The number of carbonyl (C=O) groups is 1. The number of Topliss-reactive ketones (excluding diaryl/α,β-unsaturated/α-hetero) is 1. The van der Waals surface area contributed by atoms with Crippen molar-refractivity contribution in [3.63, 3.8) is 0 Å². The van der Waals surface area contributed by atoms with Crippen LogP contribution in [0, 0.1) is 5.41 Å². The molecule has 0 N–H and O–H groups in total. The molecule has 6 nitrogen and oxygen atoms in total. The van der Waals surface area contributed by atoms with Gasteiger partial charge in [-0.25, -0.2) is 0 Å². The summed E-state index contributed by atoms with van der Waals surface area (Å²) in [5.41, 5.74) is 0.784. The van der Waals surface area contributed by atoms with Gasteiger partial charge in [0.2, 0.25) is 0 Å². The Morgan fingerprint density at radius 3 is 1.79 bits per heavy atom. The summed E-state index contributed by atoms with van der Waals surface area (Å²) in [5.74, 6) is -0.146. The average molecular weight is 571 g/mol. The Balaban J connectivity index is 1.76. The van der Waals surface area contributed by atoms with Crippen molar-refractivity contribution >= 4 is 5.78 Å². The van der Waals surface area contributed by atoms with Crippen LogP contribution in [-0.4, -0.2) is 43.6 Å². The standard InChI is InChI=1S/C36H42O6/c1-5-23-36(42-26-30-19-13-8-14-20-30)32(39-24-28-15-9-6-10-16-28)22-21-31(41-27-38-4)33(34(37)35(36,2)3)40-25-29-17-11-7-12-18-29/h5-22,31-33H,1,23-27H2,2-4H3/b22-21-/t31-,32+,33+,36-/m1/s1. The van der Waals surface area contributed by atoms with E-state index in [0.717, 1.165) is 16.7 Å². The van der Waals surface area contributed by atoms with Gasteiger partial charge in [-0.1, -0.05) is 109 Å². The number of ether oxygens (including phenoxy) is 5. The molecule has 0 amide bonds. The molecular formula is C36H42O6. The van der Waals surface area contributed by atoms with Crippen LogP contribution in [0.5, 0.6) is 0 Å². The SMILES string of the molecule is C=CC[C@@]1(OCc2ccccc2)[C@@H](OCc2ccccc2)/C=C\[C@@H](OCOC)[C@H](OCc2ccccc2)C(=O)C1(C)C. The fourth-order valence-electron chi connectivity index (χ4n) is 5.40.